The summed E-state index contributed by atoms with van der Waals surface area (Å²) in [6.07, 6.45) is 6.89. The van der Waals surface area contributed by atoms with Crippen molar-refractivity contribution in [3.63, 3.8) is 0 Å². The van der Waals surface area contributed by atoms with E-state index in [4.69, 9.17) is 0 Å². The number of rotatable bonds is 3. The quantitative estimate of drug-likeness (QED) is 0.393. The van der Waals surface area contributed by atoms with E-state index in [1.165, 1.54) is 69.2 Å². The van der Waals surface area contributed by atoms with Crippen molar-refractivity contribution in [2.45, 2.75) is 38.0 Å². The minimum atomic E-state index is 0.766. The molecule has 4 aromatic rings. The second kappa shape index (κ2) is 6.77. The third kappa shape index (κ3) is 2.89. The van der Waals surface area contributed by atoms with Crippen LogP contribution in [0.4, 0.5) is 11.4 Å². The molecule has 0 aliphatic heterocycles. The van der Waals surface area contributed by atoms with Gasteiger partial charge in [0.15, 0.2) is 0 Å². The predicted octanol–water partition coefficient (Wildman–Crippen LogP) is 7.85. The maximum Gasteiger partial charge on any atom is 0.0478 e. The van der Waals surface area contributed by atoms with E-state index in [0.29, 0.717) is 0 Å². The van der Waals surface area contributed by atoms with Crippen LogP contribution in [0, 0.1) is 0 Å². The number of hydrogen-bond donors (Lipinski definition) is 1. The lowest BCUT2D eigenvalue weighted by Crippen LogP contribution is -2.04. The third-order valence-corrected chi connectivity index (χ3v) is 6.80. The van der Waals surface area contributed by atoms with Crippen LogP contribution in [0.2, 0.25) is 0 Å². The molecule has 1 aliphatic carbocycles. The maximum atomic E-state index is 3.66. The molecule has 1 N–H and O–H groups in total. The van der Waals surface area contributed by atoms with Crippen molar-refractivity contribution in [3.8, 4) is 0 Å². The first-order chi connectivity index (χ1) is 12.9. The Morgan fingerprint density at radius 1 is 0.731 bits per heavy atom. The molecule has 130 valence electrons. The number of fused-ring (bicyclic) bond motifs is 3. The van der Waals surface area contributed by atoms with E-state index in [0.717, 1.165) is 5.92 Å². The zero-order valence-electron chi connectivity index (χ0n) is 14.9. The fourth-order valence-corrected chi connectivity index (χ4v) is 5.44. The van der Waals surface area contributed by atoms with Gasteiger partial charge in [0.1, 0.15) is 0 Å². The average Bonchev–Trinajstić information content (AvgIpc) is 3.09. The van der Waals surface area contributed by atoms with Gasteiger partial charge in [-0.3, -0.25) is 0 Å². The molecule has 1 aromatic heterocycles. The molecule has 1 heterocycles. The largest absolute Gasteiger partial charge is 0.355 e. The topological polar surface area (TPSA) is 12.0 Å². The number of anilines is 2. The maximum absolute atomic E-state index is 3.66. The Kier molecular flexibility index (Phi) is 4.14. The average molecular weight is 358 g/mol. The normalized spacial score (nSPS) is 15.5. The van der Waals surface area contributed by atoms with E-state index in [1.54, 1.807) is 0 Å². The molecule has 5 rings (SSSR count). The van der Waals surface area contributed by atoms with Crippen molar-refractivity contribution >= 4 is 42.9 Å². The molecule has 0 radical (unpaired) electrons. The lowest BCUT2D eigenvalue weighted by Gasteiger charge is -2.22. The number of thiophene rings is 1. The van der Waals surface area contributed by atoms with Crippen LogP contribution in [0.15, 0.2) is 66.7 Å². The van der Waals surface area contributed by atoms with Gasteiger partial charge in [-0.2, -0.15) is 0 Å². The Morgan fingerprint density at radius 2 is 1.50 bits per heavy atom. The molecule has 0 unspecified atom stereocenters. The standard InChI is InChI=1S/C24H23NS/c1-2-7-17(8-3-1)18-13-15-19(16-14-18)25-21-10-6-12-23-24(21)20-9-4-5-11-22(20)26-23/h4-6,9-17,25H,1-3,7-8H2. The number of nitrogens with one attached hydrogen (secondary N) is 1. The number of benzene rings is 3. The van der Waals surface area contributed by atoms with E-state index in [2.05, 4.69) is 72.0 Å². The van der Waals surface area contributed by atoms with E-state index in [1.807, 2.05) is 11.3 Å². The summed E-state index contributed by atoms with van der Waals surface area (Å²) < 4.78 is 2.69. The fraction of sp³-hybridized carbons (Fsp3) is 0.250. The van der Waals surface area contributed by atoms with E-state index in [-0.39, 0.29) is 0 Å². The van der Waals surface area contributed by atoms with E-state index < -0.39 is 0 Å². The van der Waals surface area contributed by atoms with Crippen molar-refractivity contribution in [1.82, 2.24) is 0 Å². The van der Waals surface area contributed by atoms with Gasteiger partial charge in [-0.1, -0.05) is 55.7 Å². The molecule has 0 saturated heterocycles. The van der Waals surface area contributed by atoms with Crippen molar-refractivity contribution in [2.75, 3.05) is 5.32 Å². The van der Waals surface area contributed by atoms with Gasteiger partial charge in [-0.25, -0.2) is 0 Å². The molecule has 1 saturated carbocycles. The highest BCUT2D eigenvalue weighted by atomic mass is 32.1. The summed E-state index contributed by atoms with van der Waals surface area (Å²) in [6.45, 7) is 0. The Bertz CT molecular complexity index is 1040. The van der Waals surface area contributed by atoms with Crippen LogP contribution in [0.1, 0.15) is 43.6 Å². The van der Waals surface area contributed by atoms with Crippen LogP contribution >= 0.6 is 11.3 Å². The summed E-state index contributed by atoms with van der Waals surface area (Å²) in [5.74, 6) is 0.766. The van der Waals surface area contributed by atoms with Crippen LogP contribution in [-0.2, 0) is 0 Å². The van der Waals surface area contributed by atoms with Crippen LogP contribution < -0.4 is 5.32 Å². The first-order valence-corrected chi connectivity index (χ1v) is 10.5. The van der Waals surface area contributed by atoms with Crippen LogP contribution in [0.25, 0.3) is 20.2 Å². The van der Waals surface area contributed by atoms with Gasteiger partial charge in [0.2, 0.25) is 0 Å². The second-order valence-corrected chi connectivity index (χ2v) is 8.44. The zero-order valence-corrected chi connectivity index (χ0v) is 15.7. The van der Waals surface area contributed by atoms with Gasteiger partial charge in [0, 0.05) is 31.5 Å². The van der Waals surface area contributed by atoms with Crippen LogP contribution in [0.3, 0.4) is 0 Å². The highest BCUT2D eigenvalue weighted by Crippen LogP contribution is 2.39. The lowest BCUT2D eigenvalue weighted by molar-refractivity contribution is 0.443. The SMILES string of the molecule is c1ccc2c(c1)sc1cccc(Nc3ccc(C4CCCCC4)cc3)c12. The molecule has 26 heavy (non-hydrogen) atoms. The van der Waals surface area contributed by atoms with E-state index >= 15 is 0 Å². The highest BCUT2D eigenvalue weighted by molar-refractivity contribution is 7.25. The molecular formula is C24H23NS. The third-order valence-electron chi connectivity index (χ3n) is 5.67. The monoisotopic (exact) mass is 357 g/mol. The first-order valence-electron chi connectivity index (χ1n) is 9.66. The summed E-state index contributed by atoms with van der Waals surface area (Å²) >= 11 is 1.87. The van der Waals surface area contributed by atoms with E-state index in [9.17, 15) is 0 Å². The van der Waals surface area contributed by atoms with Gasteiger partial charge in [-0.15, -0.1) is 11.3 Å². The first kappa shape index (κ1) is 15.9. The van der Waals surface area contributed by atoms with Crippen molar-refractivity contribution < 1.29 is 0 Å². The Hall–Kier alpha value is -2.32. The van der Waals surface area contributed by atoms with Gasteiger partial charge >= 0.3 is 0 Å². The predicted molar refractivity (Wildman–Crippen MR) is 115 cm³/mol. The Balaban J connectivity index is 1.47. The van der Waals surface area contributed by atoms with Gasteiger partial charge in [0.25, 0.3) is 0 Å². The summed E-state index contributed by atoms with van der Waals surface area (Å²) in [6, 6.07) is 24.4. The summed E-state index contributed by atoms with van der Waals surface area (Å²) in [5.41, 5.74) is 3.88. The molecular weight excluding hydrogens is 334 g/mol. The minimum Gasteiger partial charge on any atom is -0.355 e. The molecule has 1 nitrogen and oxygen atoms in total. The van der Waals surface area contributed by atoms with Crippen LogP contribution in [0.5, 0.6) is 0 Å². The zero-order chi connectivity index (χ0) is 17.3. The Morgan fingerprint density at radius 3 is 2.35 bits per heavy atom. The van der Waals surface area contributed by atoms with Gasteiger partial charge < -0.3 is 5.32 Å². The molecule has 1 aliphatic rings. The lowest BCUT2D eigenvalue weighted by atomic mass is 9.84. The fourth-order valence-electron chi connectivity index (χ4n) is 4.31. The van der Waals surface area contributed by atoms with Crippen molar-refractivity contribution in [3.05, 3.63) is 72.3 Å². The molecule has 2 heteroatoms. The van der Waals surface area contributed by atoms with Crippen molar-refractivity contribution in [2.24, 2.45) is 0 Å². The number of hydrogen-bond acceptors (Lipinski definition) is 2. The highest BCUT2D eigenvalue weighted by Gasteiger charge is 2.15. The summed E-state index contributed by atoms with van der Waals surface area (Å²) in [4.78, 5) is 0. The molecule has 1 fully saturated rings. The molecule has 0 amide bonds. The summed E-state index contributed by atoms with van der Waals surface area (Å²) in [5, 5.41) is 6.34. The molecule has 0 atom stereocenters. The van der Waals surface area contributed by atoms with Gasteiger partial charge in [-0.05, 0) is 54.7 Å². The van der Waals surface area contributed by atoms with Crippen molar-refractivity contribution in [1.29, 1.82) is 0 Å². The second-order valence-electron chi connectivity index (χ2n) is 7.36. The molecule has 0 bridgehead atoms. The molecule has 3 aromatic carbocycles. The molecule has 0 spiro atoms. The van der Waals surface area contributed by atoms with Crippen LogP contribution in [-0.4, -0.2) is 0 Å². The summed E-state index contributed by atoms with van der Waals surface area (Å²) in [7, 11) is 0. The minimum absolute atomic E-state index is 0.766. The Labute approximate surface area is 158 Å². The van der Waals surface area contributed by atoms with Gasteiger partial charge in [0.05, 0.1) is 0 Å². The smallest absolute Gasteiger partial charge is 0.0478 e.